The molecule has 0 aliphatic rings. The number of carbonyl (C=O) groups is 2. The Morgan fingerprint density at radius 3 is 2.33 bits per heavy atom. The van der Waals surface area contributed by atoms with Crippen molar-refractivity contribution in [2.75, 3.05) is 0 Å². The Morgan fingerprint density at radius 1 is 1.20 bits per heavy atom. The molecule has 0 aromatic heterocycles. The number of allylic oxidation sites excluding steroid dienone is 2. The van der Waals surface area contributed by atoms with Gasteiger partial charge >= 0.3 is 11.9 Å². The molecule has 15 heavy (non-hydrogen) atoms. The maximum Gasteiger partial charge on any atom is 0.332 e. The van der Waals surface area contributed by atoms with Crippen LogP contribution in [-0.2, 0) is 9.59 Å². The third-order valence-electron chi connectivity index (χ3n) is 1.80. The summed E-state index contributed by atoms with van der Waals surface area (Å²) in [5.41, 5.74) is -0.102. The Kier molecular flexibility index (Phi) is 6.97. The molecule has 0 aliphatic carbocycles. The molecular formula is C11H16O4. The molecule has 0 saturated heterocycles. The van der Waals surface area contributed by atoms with Gasteiger partial charge in [-0.05, 0) is 12.8 Å². The molecule has 2 N–H and O–H groups in total. The fraction of sp³-hybridized carbons (Fsp3) is 0.455. The van der Waals surface area contributed by atoms with E-state index in [1.807, 2.05) is 6.08 Å². The first-order valence-electron chi connectivity index (χ1n) is 4.89. The zero-order valence-electron chi connectivity index (χ0n) is 8.77. The van der Waals surface area contributed by atoms with Crippen LogP contribution in [0, 0.1) is 0 Å². The van der Waals surface area contributed by atoms with E-state index in [1.54, 1.807) is 6.08 Å². The van der Waals surface area contributed by atoms with Crippen LogP contribution in [-0.4, -0.2) is 22.2 Å². The smallest absolute Gasteiger partial charge is 0.332 e. The van der Waals surface area contributed by atoms with Crippen LogP contribution >= 0.6 is 0 Å². The molecule has 0 aromatic carbocycles. The van der Waals surface area contributed by atoms with Crippen LogP contribution in [0.5, 0.6) is 0 Å². The average molecular weight is 212 g/mol. The van der Waals surface area contributed by atoms with E-state index in [4.69, 9.17) is 10.2 Å². The normalized spacial score (nSPS) is 11.9. The number of rotatable bonds is 7. The van der Waals surface area contributed by atoms with Gasteiger partial charge in [0.1, 0.15) is 0 Å². The van der Waals surface area contributed by atoms with Crippen LogP contribution in [0.15, 0.2) is 23.8 Å². The summed E-state index contributed by atoms with van der Waals surface area (Å²) in [6, 6.07) is 0. The van der Waals surface area contributed by atoms with Crippen molar-refractivity contribution in [1.29, 1.82) is 0 Å². The van der Waals surface area contributed by atoms with Crippen LogP contribution in [0.3, 0.4) is 0 Å². The predicted octanol–water partition coefficient (Wildman–Crippen LogP) is 2.22. The lowest BCUT2D eigenvalue weighted by Crippen LogP contribution is -2.03. The van der Waals surface area contributed by atoms with Crippen molar-refractivity contribution in [3.8, 4) is 0 Å². The Balaban J connectivity index is 4.14. The summed E-state index contributed by atoms with van der Waals surface area (Å²) in [6.45, 7) is 2.07. The van der Waals surface area contributed by atoms with Crippen LogP contribution in [0.25, 0.3) is 0 Å². The molecule has 0 atom stereocenters. The monoisotopic (exact) mass is 212 g/mol. The van der Waals surface area contributed by atoms with E-state index in [1.165, 1.54) is 0 Å². The van der Waals surface area contributed by atoms with Crippen LogP contribution < -0.4 is 0 Å². The third-order valence-corrected chi connectivity index (χ3v) is 1.80. The first kappa shape index (κ1) is 13.4. The highest BCUT2D eigenvalue weighted by Gasteiger charge is 2.06. The van der Waals surface area contributed by atoms with Crippen molar-refractivity contribution in [2.24, 2.45) is 0 Å². The van der Waals surface area contributed by atoms with Gasteiger partial charge in [-0.2, -0.15) is 0 Å². The van der Waals surface area contributed by atoms with E-state index < -0.39 is 11.9 Å². The number of aliphatic carboxylic acids is 2. The fourth-order valence-electron chi connectivity index (χ4n) is 1.01. The number of unbranched alkanes of at least 4 members (excludes halogenated alkanes) is 2. The van der Waals surface area contributed by atoms with Crippen molar-refractivity contribution in [3.63, 3.8) is 0 Å². The number of carboxylic acid groups (broad SMARTS) is 2. The summed E-state index contributed by atoms with van der Waals surface area (Å²) < 4.78 is 0. The van der Waals surface area contributed by atoms with Gasteiger partial charge in [0.2, 0.25) is 0 Å². The van der Waals surface area contributed by atoms with Gasteiger partial charge in [-0.25, -0.2) is 9.59 Å². The van der Waals surface area contributed by atoms with Crippen molar-refractivity contribution < 1.29 is 19.8 Å². The second kappa shape index (κ2) is 7.79. The molecule has 0 aromatic rings. The van der Waals surface area contributed by atoms with Gasteiger partial charge in [-0.1, -0.05) is 31.9 Å². The van der Waals surface area contributed by atoms with E-state index in [0.29, 0.717) is 0 Å². The van der Waals surface area contributed by atoms with Crippen molar-refractivity contribution in [2.45, 2.75) is 32.6 Å². The summed E-state index contributed by atoms with van der Waals surface area (Å²) in [5, 5.41) is 17.1. The van der Waals surface area contributed by atoms with Gasteiger partial charge in [0.25, 0.3) is 0 Å². The van der Waals surface area contributed by atoms with Crippen LogP contribution in [0.2, 0.25) is 0 Å². The molecule has 0 amide bonds. The van der Waals surface area contributed by atoms with E-state index in [-0.39, 0.29) is 12.0 Å². The SMILES string of the molecule is CCCCC=CCC(=CC(=O)O)C(=O)O. The Bertz CT molecular complexity index is 276. The maximum absolute atomic E-state index is 10.6. The number of hydrogen-bond donors (Lipinski definition) is 2. The van der Waals surface area contributed by atoms with Gasteiger partial charge in [0.15, 0.2) is 0 Å². The molecule has 0 heterocycles. The van der Waals surface area contributed by atoms with Gasteiger partial charge in [-0.3, -0.25) is 0 Å². The van der Waals surface area contributed by atoms with Gasteiger partial charge in [0.05, 0.1) is 0 Å². The Hall–Kier alpha value is -1.58. The predicted molar refractivity (Wildman–Crippen MR) is 56.6 cm³/mol. The zero-order chi connectivity index (χ0) is 11.7. The Morgan fingerprint density at radius 2 is 1.87 bits per heavy atom. The minimum absolute atomic E-state index is 0.102. The first-order chi connectivity index (χ1) is 7.07. The molecule has 0 aliphatic heterocycles. The van der Waals surface area contributed by atoms with Gasteiger partial charge < -0.3 is 10.2 Å². The minimum Gasteiger partial charge on any atom is -0.478 e. The maximum atomic E-state index is 10.6. The van der Waals surface area contributed by atoms with Crippen LogP contribution in [0.1, 0.15) is 32.6 Å². The largest absolute Gasteiger partial charge is 0.478 e. The molecule has 0 unspecified atom stereocenters. The van der Waals surface area contributed by atoms with Crippen molar-refractivity contribution >= 4 is 11.9 Å². The Labute approximate surface area is 88.9 Å². The summed E-state index contributed by atoms with van der Waals surface area (Å²) >= 11 is 0. The van der Waals surface area contributed by atoms with Gasteiger partial charge in [0, 0.05) is 11.6 Å². The summed E-state index contributed by atoms with van der Waals surface area (Å²) in [4.78, 5) is 20.9. The molecule has 0 fully saturated rings. The molecule has 0 bridgehead atoms. The highest BCUT2D eigenvalue weighted by molar-refractivity contribution is 5.94. The van der Waals surface area contributed by atoms with E-state index >= 15 is 0 Å². The molecule has 4 nitrogen and oxygen atoms in total. The quantitative estimate of drug-likeness (QED) is 0.385. The third kappa shape index (κ3) is 7.49. The topological polar surface area (TPSA) is 74.6 Å². The summed E-state index contributed by atoms with van der Waals surface area (Å²) in [7, 11) is 0. The van der Waals surface area contributed by atoms with E-state index in [0.717, 1.165) is 25.3 Å². The summed E-state index contributed by atoms with van der Waals surface area (Å²) in [5.74, 6) is -2.41. The second-order valence-electron chi connectivity index (χ2n) is 3.13. The van der Waals surface area contributed by atoms with E-state index in [9.17, 15) is 9.59 Å². The molecule has 84 valence electrons. The lowest BCUT2D eigenvalue weighted by Gasteiger charge is -1.95. The lowest BCUT2D eigenvalue weighted by atomic mass is 10.1. The average Bonchev–Trinajstić information content (AvgIpc) is 2.15. The lowest BCUT2D eigenvalue weighted by molar-refractivity contribution is -0.135. The highest BCUT2D eigenvalue weighted by atomic mass is 16.4. The molecule has 0 spiro atoms. The fourth-order valence-corrected chi connectivity index (χ4v) is 1.01. The van der Waals surface area contributed by atoms with Crippen molar-refractivity contribution in [3.05, 3.63) is 23.8 Å². The molecule has 0 saturated carbocycles. The first-order valence-corrected chi connectivity index (χ1v) is 4.89. The zero-order valence-corrected chi connectivity index (χ0v) is 8.77. The van der Waals surface area contributed by atoms with Crippen molar-refractivity contribution in [1.82, 2.24) is 0 Å². The van der Waals surface area contributed by atoms with Gasteiger partial charge in [-0.15, -0.1) is 0 Å². The standard InChI is InChI=1S/C11H16O4/c1-2-3-4-5-6-7-9(11(14)15)8-10(12)13/h5-6,8H,2-4,7H2,1H3,(H,12,13)(H,14,15). The molecule has 4 heteroatoms. The molecule has 0 radical (unpaired) electrons. The number of carboxylic acids is 2. The molecular weight excluding hydrogens is 196 g/mol. The van der Waals surface area contributed by atoms with Crippen LogP contribution in [0.4, 0.5) is 0 Å². The molecule has 0 rings (SSSR count). The summed E-state index contributed by atoms with van der Waals surface area (Å²) in [6.07, 6.45) is 7.50. The minimum atomic E-state index is -1.23. The second-order valence-corrected chi connectivity index (χ2v) is 3.13. The van der Waals surface area contributed by atoms with E-state index in [2.05, 4.69) is 6.92 Å². The highest BCUT2D eigenvalue weighted by Crippen LogP contribution is 2.04. The number of hydrogen-bond acceptors (Lipinski definition) is 2.